The molecule has 0 unspecified atom stereocenters. The largest absolute Gasteiger partial charge is 0.480 e. The number of hydrogen-bond acceptors (Lipinski definition) is 3. The Morgan fingerprint density at radius 1 is 1.39 bits per heavy atom. The first kappa shape index (κ1) is 14.0. The molecular weight excluding hydrogens is 236 g/mol. The maximum atomic E-state index is 12.2. The van der Waals surface area contributed by atoms with Crippen molar-refractivity contribution >= 4 is 11.9 Å². The molecule has 0 saturated carbocycles. The minimum absolute atomic E-state index is 0.178. The number of nitrogens with zero attached hydrogens (tertiary/aromatic N) is 2. The Bertz CT molecular complexity index is 519. The van der Waals surface area contributed by atoms with Crippen molar-refractivity contribution in [3.05, 3.63) is 34.2 Å². The van der Waals surface area contributed by atoms with Crippen LogP contribution in [0.4, 0.5) is 0 Å². The molecule has 6 nitrogen and oxygen atoms in total. The van der Waals surface area contributed by atoms with Gasteiger partial charge in [0.1, 0.15) is 12.2 Å². The van der Waals surface area contributed by atoms with Gasteiger partial charge in [-0.3, -0.25) is 14.4 Å². The van der Waals surface area contributed by atoms with Gasteiger partial charge in [0.2, 0.25) is 0 Å². The van der Waals surface area contributed by atoms with E-state index in [4.69, 9.17) is 5.11 Å². The van der Waals surface area contributed by atoms with E-state index in [0.29, 0.717) is 0 Å². The molecule has 1 heterocycles. The fourth-order valence-corrected chi connectivity index (χ4v) is 1.56. The number of aliphatic carboxylic acids is 1. The standard InChI is InChI=1S/C12H16N2O4/c1-8(2)14(7-11(16)17)12(18)9-5-4-6-10(15)13(9)3/h4-6,8H,7H2,1-3H3,(H,16,17). The van der Waals surface area contributed by atoms with E-state index < -0.39 is 11.9 Å². The van der Waals surface area contributed by atoms with Crippen LogP contribution in [0.15, 0.2) is 23.0 Å². The highest BCUT2D eigenvalue weighted by atomic mass is 16.4. The van der Waals surface area contributed by atoms with Crippen LogP contribution in [0.1, 0.15) is 24.3 Å². The molecule has 0 bridgehead atoms. The van der Waals surface area contributed by atoms with Crippen molar-refractivity contribution in [2.24, 2.45) is 7.05 Å². The first-order chi connectivity index (χ1) is 8.34. The first-order valence-electron chi connectivity index (χ1n) is 5.53. The van der Waals surface area contributed by atoms with E-state index in [1.54, 1.807) is 13.8 Å². The third-order valence-electron chi connectivity index (χ3n) is 2.59. The number of amides is 1. The molecule has 1 amide bonds. The Morgan fingerprint density at radius 2 is 2.00 bits per heavy atom. The van der Waals surface area contributed by atoms with Crippen LogP contribution in [0, 0.1) is 0 Å². The van der Waals surface area contributed by atoms with Gasteiger partial charge in [-0.25, -0.2) is 0 Å². The molecule has 1 aromatic heterocycles. The van der Waals surface area contributed by atoms with E-state index in [-0.39, 0.29) is 23.8 Å². The van der Waals surface area contributed by atoms with Gasteiger partial charge in [0.05, 0.1) is 0 Å². The third-order valence-corrected chi connectivity index (χ3v) is 2.59. The summed E-state index contributed by atoms with van der Waals surface area (Å²) in [6.07, 6.45) is 0. The molecule has 0 aromatic carbocycles. The smallest absolute Gasteiger partial charge is 0.323 e. The van der Waals surface area contributed by atoms with Gasteiger partial charge < -0.3 is 14.6 Å². The third kappa shape index (κ3) is 2.97. The van der Waals surface area contributed by atoms with Gasteiger partial charge in [-0.2, -0.15) is 0 Å². The van der Waals surface area contributed by atoms with Crippen molar-refractivity contribution < 1.29 is 14.7 Å². The Morgan fingerprint density at radius 3 is 2.50 bits per heavy atom. The van der Waals surface area contributed by atoms with Gasteiger partial charge in [-0.15, -0.1) is 0 Å². The summed E-state index contributed by atoms with van der Waals surface area (Å²) in [5.74, 6) is -1.55. The molecule has 0 saturated heterocycles. The molecule has 0 aliphatic heterocycles. The number of pyridine rings is 1. The average Bonchev–Trinajstić information content (AvgIpc) is 2.28. The molecule has 1 N–H and O–H groups in total. The van der Waals surface area contributed by atoms with Crippen molar-refractivity contribution in [3.63, 3.8) is 0 Å². The molecule has 6 heteroatoms. The quantitative estimate of drug-likeness (QED) is 0.837. The Hall–Kier alpha value is -2.11. The zero-order valence-electron chi connectivity index (χ0n) is 10.6. The van der Waals surface area contributed by atoms with Crippen LogP contribution < -0.4 is 5.56 Å². The Labute approximate surface area is 104 Å². The van der Waals surface area contributed by atoms with E-state index >= 15 is 0 Å². The highest BCUT2D eigenvalue weighted by Crippen LogP contribution is 2.06. The predicted octanol–water partition coefficient (Wildman–Crippen LogP) is 0.320. The van der Waals surface area contributed by atoms with Gasteiger partial charge in [0.25, 0.3) is 11.5 Å². The molecule has 0 fully saturated rings. The van der Waals surface area contributed by atoms with Gasteiger partial charge in [0, 0.05) is 19.2 Å². The second kappa shape index (κ2) is 5.48. The Balaban J connectivity index is 3.14. The summed E-state index contributed by atoms with van der Waals surface area (Å²) < 4.78 is 1.21. The van der Waals surface area contributed by atoms with Gasteiger partial charge in [-0.1, -0.05) is 6.07 Å². The normalized spacial score (nSPS) is 10.4. The first-order valence-corrected chi connectivity index (χ1v) is 5.53. The highest BCUT2D eigenvalue weighted by molar-refractivity contribution is 5.94. The number of rotatable bonds is 4. The lowest BCUT2D eigenvalue weighted by atomic mass is 10.2. The number of hydrogen-bond donors (Lipinski definition) is 1. The number of aromatic nitrogens is 1. The maximum absolute atomic E-state index is 12.2. The maximum Gasteiger partial charge on any atom is 0.323 e. The molecule has 1 aromatic rings. The number of carbonyl (C=O) groups excluding carboxylic acids is 1. The summed E-state index contributed by atoms with van der Waals surface area (Å²) in [4.78, 5) is 35.6. The summed E-state index contributed by atoms with van der Waals surface area (Å²) in [5.41, 5.74) is -0.127. The van der Waals surface area contributed by atoms with Crippen molar-refractivity contribution in [2.45, 2.75) is 19.9 Å². The average molecular weight is 252 g/mol. The summed E-state index contributed by atoms with van der Waals surface area (Å²) in [6.45, 7) is 3.06. The molecule has 0 spiro atoms. The summed E-state index contributed by atoms with van der Waals surface area (Å²) in [7, 11) is 1.48. The SMILES string of the molecule is CC(C)N(CC(=O)O)C(=O)c1cccc(=O)n1C. The summed E-state index contributed by atoms with van der Waals surface area (Å²) in [5, 5.41) is 8.79. The van der Waals surface area contributed by atoms with Crippen molar-refractivity contribution in [3.8, 4) is 0 Å². The molecule has 0 aliphatic rings. The lowest BCUT2D eigenvalue weighted by molar-refractivity contribution is -0.138. The van der Waals surface area contributed by atoms with E-state index in [0.717, 1.165) is 0 Å². The summed E-state index contributed by atoms with van der Waals surface area (Å²) >= 11 is 0. The molecule has 18 heavy (non-hydrogen) atoms. The van der Waals surface area contributed by atoms with Gasteiger partial charge in [-0.05, 0) is 19.9 Å². The van der Waals surface area contributed by atoms with Crippen molar-refractivity contribution in [2.75, 3.05) is 6.54 Å². The highest BCUT2D eigenvalue weighted by Gasteiger charge is 2.22. The van der Waals surface area contributed by atoms with Crippen molar-refractivity contribution in [1.29, 1.82) is 0 Å². The molecule has 0 radical (unpaired) electrons. The van der Waals surface area contributed by atoms with Crippen LogP contribution in [0.3, 0.4) is 0 Å². The van der Waals surface area contributed by atoms with Crippen molar-refractivity contribution in [1.82, 2.24) is 9.47 Å². The fourth-order valence-electron chi connectivity index (χ4n) is 1.56. The number of carboxylic acids is 1. The minimum Gasteiger partial charge on any atom is -0.480 e. The topological polar surface area (TPSA) is 79.6 Å². The molecule has 98 valence electrons. The lowest BCUT2D eigenvalue weighted by Gasteiger charge is -2.25. The zero-order chi connectivity index (χ0) is 13.9. The fraction of sp³-hybridized carbons (Fsp3) is 0.417. The number of carbonyl (C=O) groups is 2. The van der Waals surface area contributed by atoms with E-state index in [2.05, 4.69) is 0 Å². The molecule has 0 atom stereocenters. The van der Waals surface area contributed by atoms with Crippen LogP contribution >= 0.6 is 0 Å². The van der Waals surface area contributed by atoms with Crippen LogP contribution in [0.2, 0.25) is 0 Å². The summed E-state index contributed by atoms with van der Waals surface area (Å²) in [6, 6.07) is 4.06. The van der Waals surface area contributed by atoms with E-state index in [1.807, 2.05) is 0 Å². The zero-order valence-corrected chi connectivity index (χ0v) is 10.6. The van der Waals surface area contributed by atoms with Crippen LogP contribution in [0.25, 0.3) is 0 Å². The van der Waals surface area contributed by atoms with Crippen LogP contribution in [-0.2, 0) is 11.8 Å². The van der Waals surface area contributed by atoms with Crippen LogP contribution in [-0.4, -0.2) is 39.0 Å². The second-order valence-corrected chi connectivity index (χ2v) is 4.23. The monoisotopic (exact) mass is 252 g/mol. The predicted molar refractivity (Wildman–Crippen MR) is 65.5 cm³/mol. The van der Waals surface area contributed by atoms with E-state index in [1.165, 1.54) is 34.7 Å². The Kier molecular flexibility index (Phi) is 4.25. The van der Waals surface area contributed by atoms with Crippen LogP contribution in [0.5, 0.6) is 0 Å². The number of carboxylic acid groups (broad SMARTS) is 1. The van der Waals surface area contributed by atoms with E-state index in [9.17, 15) is 14.4 Å². The lowest BCUT2D eigenvalue weighted by Crippen LogP contribution is -2.42. The van der Waals surface area contributed by atoms with Gasteiger partial charge >= 0.3 is 5.97 Å². The van der Waals surface area contributed by atoms with Gasteiger partial charge in [0.15, 0.2) is 0 Å². The molecule has 0 aliphatic carbocycles. The minimum atomic E-state index is -1.09. The molecular formula is C12H16N2O4. The second-order valence-electron chi connectivity index (χ2n) is 4.23. The molecule has 1 rings (SSSR count).